The van der Waals surface area contributed by atoms with E-state index < -0.39 is 16.4 Å². The summed E-state index contributed by atoms with van der Waals surface area (Å²) in [6, 6.07) is 38.0. The molecule has 0 aliphatic heterocycles. The first-order chi connectivity index (χ1) is 32.2. The van der Waals surface area contributed by atoms with Gasteiger partial charge in [0.15, 0.2) is 11.5 Å². The summed E-state index contributed by atoms with van der Waals surface area (Å²) in [6.07, 6.45) is 1.69. The third kappa shape index (κ3) is 15.0. The maximum Gasteiger partial charge on any atom is 0.337 e. The van der Waals surface area contributed by atoms with E-state index >= 15 is 0 Å². The fourth-order valence-corrected chi connectivity index (χ4v) is 5.32. The number of benzene rings is 6. The zero-order chi connectivity index (χ0) is 49.5. The molecule has 0 bridgehead atoms. The summed E-state index contributed by atoms with van der Waals surface area (Å²) in [5, 5.41) is 37.8. The number of hydrogen-bond donors (Lipinski definition) is 4. The molecule has 67 heavy (non-hydrogen) atoms. The predicted molar refractivity (Wildman–Crippen MR) is 244 cm³/mol. The first-order valence-electron chi connectivity index (χ1n) is 18.8. The highest BCUT2D eigenvalue weighted by Gasteiger charge is 2.14. The van der Waals surface area contributed by atoms with Gasteiger partial charge in [0.1, 0.15) is 6.33 Å². The largest absolute Gasteiger partial charge is 0.483 e. The first kappa shape index (κ1) is 51.2. The molecule has 0 fully saturated rings. The van der Waals surface area contributed by atoms with Crippen molar-refractivity contribution in [3.05, 3.63) is 189 Å². The van der Waals surface area contributed by atoms with E-state index in [2.05, 4.69) is 35.4 Å². The third-order valence-electron chi connectivity index (χ3n) is 8.60. The monoisotopic (exact) mass is 907 g/mol. The number of aromatic nitrogens is 2. The molecule has 338 valence electrons. The fraction of sp³-hybridized carbons (Fsp3) is 0.0638. The number of methoxy groups -OCH3 is 3. The molecule has 7 rings (SSSR count). The number of esters is 3. The standard InChI is InChI=1S/C16H11N3O2.C15H13N3O2.C8H9NO2.C7H3FN2O2.CH2O2/c1-21-16(20)12-3-5-13(6-4-12)19-10-18-14-8-11(9-17)2-7-15(14)19;1-20-15(19)11-3-5-12(6-4-11)18-14-7-2-10(9-16)8-13(14)17;1-11-8(10)6-2-4-7(9)5-3-6;1-9-5-2-3-6(8)7(4-5)10(11)12;2-1-3/h2-8,10H,1H3;2-8,18H,17H2,1H3;2-5H,9H2,1H3;2-4H;1H,(H,2,3). The molecule has 0 radical (unpaired) electrons. The molecular formula is C47H38FN9O10. The van der Waals surface area contributed by atoms with Gasteiger partial charge in [-0.25, -0.2) is 24.2 Å². The topological polar surface area (TPSA) is 293 Å². The highest BCUT2D eigenvalue weighted by molar-refractivity contribution is 5.91. The molecule has 1 aromatic heterocycles. The van der Waals surface area contributed by atoms with Gasteiger partial charge >= 0.3 is 17.9 Å². The maximum atomic E-state index is 12.6. The summed E-state index contributed by atoms with van der Waals surface area (Å²) in [5.41, 5.74) is 18.4. The van der Waals surface area contributed by atoms with Crippen molar-refractivity contribution < 1.29 is 47.8 Å². The number of nitrogens with one attached hydrogen (secondary N) is 1. The van der Waals surface area contributed by atoms with E-state index in [0.29, 0.717) is 44.9 Å². The molecule has 0 aliphatic rings. The van der Waals surface area contributed by atoms with Gasteiger partial charge in [-0.2, -0.15) is 14.9 Å². The second-order valence-electron chi connectivity index (χ2n) is 12.8. The molecule has 0 unspecified atom stereocenters. The Morgan fingerprint density at radius 3 is 1.76 bits per heavy atom. The number of nitro groups is 1. The van der Waals surface area contributed by atoms with Crippen LogP contribution >= 0.6 is 0 Å². The third-order valence-corrected chi connectivity index (χ3v) is 8.60. The molecule has 6 aromatic carbocycles. The van der Waals surface area contributed by atoms with Crippen molar-refractivity contribution in [1.82, 2.24) is 9.55 Å². The number of halogens is 1. The Bertz CT molecular complexity index is 2980. The summed E-state index contributed by atoms with van der Waals surface area (Å²) in [5.74, 6) is -2.01. The molecule has 0 aliphatic carbocycles. The van der Waals surface area contributed by atoms with Crippen molar-refractivity contribution >= 4 is 69.5 Å². The second kappa shape index (κ2) is 25.7. The van der Waals surface area contributed by atoms with E-state index in [1.807, 2.05) is 28.8 Å². The van der Waals surface area contributed by atoms with E-state index in [-0.39, 0.29) is 30.1 Å². The Kier molecular flexibility index (Phi) is 19.7. The Morgan fingerprint density at radius 1 is 0.791 bits per heavy atom. The van der Waals surface area contributed by atoms with E-state index in [1.165, 1.54) is 27.4 Å². The summed E-state index contributed by atoms with van der Waals surface area (Å²) < 4.78 is 28.3. The van der Waals surface area contributed by atoms with Crippen LogP contribution in [0.1, 0.15) is 42.2 Å². The van der Waals surface area contributed by atoms with Crippen molar-refractivity contribution in [3.63, 3.8) is 0 Å². The normalized spacial score (nSPS) is 9.39. The van der Waals surface area contributed by atoms with Crippen LogP contribution in [0.2, 0.25) is 0 Å². The van der Waals surface area contributed by atoms with Crippen LogP contribution in [0.25, 0.3) is 21.6 Å². The van der Waals surface area contributed by atoms with Crippen LogP contribution in [0.4, 0.5) is 38.5 Å². The summed E-state index contributed by atoms with van der Waals surface area (Å²) in [7, 11) is 4.04. The minimum atomic E-state index is -0.924. The van der Waals surface area contributed by atoms with Gasteiger partial charge in [0.05, 0.1) is 95.2 Å². The maximum absolute atomic E-state index is 12.6. The van der Waals surface area contributed by atoms with Gasteiger partial charge in [-0.05, 0) is 115 Å². The predicted octanol–water partition coefficient (Wildman–Crippen LogP) is 8.40. The van der Waals surface area contributed by atoms with Crippen molar-refractivity contribution in [2.24, 2.45) is 0 Å². The molecule has 0 atom stereocenters. The van der Waals surface area contributed by atoms with Gasteiger partial charge in [0, 0.05) is 23.1 Å². The lowest BCUT2D eigenvalue weighted by molar-refractivity contribution is -0.387. The molecule has 1 heterocycles. The molecule has 6 N–H and O–H groups in total. The molecule has 0 saturated heterocycles. The zero-order valence-electron chi connectivity index (χ0n) is 35.6. The highest BCUT2D eigenvalue weighted by atomic mass is 19.1. The zero-order valence-corrected chi connectivity index (χ0v) is 35.6. The molecule has 19 nitrogen and oxygen atoms in total. The number of rotatable bonds is 7. The molecule has 7 aromatic rings. The second-order valence-corrected chi connectivity index (χ2v) is 12.8. The average Bonchev–Trinajstić information content (AvgIpc) is 3.78. The van der Waals surface area contributed by atoms with Gasteiger partial charge in [-0.3, -0.25) is 19.5 Å². The number of carbonyl (C=O) groups excluding carboxylic acids is 3. The molecule has 0 spiro atoms. The molecular weight excluding hydrogens is 870 g/mol. The minimum absolute atomic E-state index is 0.0584. The quantitative estimate of drug-likeness (QED) is 0.0222. The van der Waals surface area contributed by atoms with Crippen LogP contribution in [0.15, 0.2) is 134 Å². The van der Waals surface area contributed by atoms with Crippen molar-refractivity contribution in [2.75, 3.05) is 38.1 Å². The van der Waals surface area contributed by atoms with Crippen molar-refractivity contribution in [1.29, 1.82) is 10.5 Å². The summed E-state index contributed by atoms with van der Waals surface area (Å²) in [6.45, 7) is 6.28. The van der Waals surface area contributed by atoms with E-state index in [1.54, 1.807) is 97.3 Å². The Balaban J connectivity index is 0.000000240. The van der Waals surface area contributed by atoms with Crippen molar-refractivity contribution in [3.8, 4) is 17.8 Å². The van der Waals surface area contributed by atoms with Gasteiger partial charge in [-0.15, -0.1) is 0 Å². The fourth-order valence-electron chi connectivity index (χ4n) is 5.32. The summed E-state index contributed by atoms with van der Waals surface area (Å²) in [4.78, 5) is 58.5. The lowest BCUT2D eigenvalue weighted by Gasteiger charge is -2.10. The van der Waals surface area contributed by atoms with Crippen LogP contribution < -0.4 is 16.8 Å². The Labute approximate surface area is 381 Å². The number of nitrogens with zero attached hydrogens (tertiary/aromatic N) is 6. The number of nitro benzene ring substituents is 1. The highest BCUT2D eigenvalue weighted by Crippen LogP contribution is 2.25. The number of fused-ring (bicyclic) bond motifs is 1. The van der Waals surface area contributed by atoms with E-state index in [0.717, 1.165) is 34.5 Å². The van der Waals surface area contributed by atoms with E-state index in [9.17, 15) is 28.9 Å². The van der Waals surface area contributed by atoms with Gasteiger partial charge in [-0.1, -0.05) is 6.07 Å². The number of ether oxygens (including phenoxy) is 3. The van der Waals surface area contributed by atoms with Crippen LogP contribution in [-0.2, 0) is 19.0 Å². The number of nitrogen functional groups attached to an aromatic ring is 2. The van der Waals surface area contributed by atoms with E-state index in [4.69, 9.17) is 38.5 Å². The number of nitriles is 2. The number of carbonyl (C=O) groups is 4. The lowest BCUT2D eigenvalue weighted by atomic mass is 10.1. The number of imidazole rings is 1. The van der Waals surface area contributed by atoms with Gasteiger partial charge in [0.25, 0.3) is 12.2 Å². The van der Waals surface area contributed by atoms with Gasteiger partial charge in [0.2, 0.25) is 0 Å². The Hall–Kier alpha value is -10.1. The minimum Gasteiger partial charge on any atom is -0.483 e. The molecule has 0 saturated carbocycles. The molecule has 20 heteroatoms. The van der Waals surface area contributed by atoms with Crippen LogP contribution in [0, 0.1) is 45.2 Å². The van der Waals surface area contributed by atoms with Crippen LogP contribution in [0.5, 0.6) is 0 Å². The SMILES string of the molecule is COC(=O)c1ccc(-n2cnc3cc(C#N)ccc32)cc1.COC(=O)c1ccc(N)cc1.COC(=O)c1ccc(Nc2ccc(C#N)cc2N)cc1.O=CO.[C-]#[N+]c1ccc(F)c([N+](=O)[O-])c1. The first-order valence-corrected chi connectivity index (χ1v) is 18.8. The van der Waals surface area contributed by atoms with Gasteiger partial charge < -0.3 is 36.1 Å². The van der Waals surface area contributed by atoms with Crippen LogP contribution in [-0.4, -0.2) is 65.3 Å². The van der Waals surface area contributed by atoms with Crippen molar-refractivity contribution in [2.45, 2.75) is 0 Å². The average molecular weight is 908 g/mol. The number of anilines is 4. The molecule has 0 amide bonds. The number of carboxylic acid groups (broad SMARTS) is 1. The number of nitrogens with two attached hydrogens (primary N) is 2. The smallest absolute Gasteiger partial charge is 0.337 e. The number of hydrogen-bond acceptors (Lipinski definition) is 15. The summed E-state index contributed by atoms with van der Waals surface area (Å²) >= 11 is 0. The Morgan fingerprint density at radius 2 is 1.28 bits per heavy atom. The lowest BCUT2D eigenvalue weighted by Crippen LogP contribution is -2.01. The van der Waals surface area contributed by atoms with Crippen LogP contribution in [0.3, 0.4) is 0 Å².